The van der Waals surface area contributed by atoms with Crippen LogP contribution in [-0.4, -0.2) is 16.9 Å². The van der Waals surface area contributed by atoms with E-state index in [0.717, 1.165) is 5.56 Å². The Morgan fingerprint density at radius 1 is 1.22 bits per heavy atom. The molecule has 0 aromatic heterocycles. The Bertz CT molecular complexity index is 496. The van der Waals surface area contributed by atoms with Gasteiger partial charge in [0, 0.05) is 11.1 Å². The maximum atomic E-state index is 11.9. The van der Waals surface area contributed by atoms with E-state index in [9.17, 15) is 9.59 Å². The fourth-order valence-corrected chi connectivity index (χ4v) is 1.59. The summed E-state index contributed by atoms with van der Waals surface area (Å²) in [6.07, 6.45) is 3.52. The molecule has 1 aromatic carbocycles. The van der Waals surface area contributed by atoms with Crippen molar-refractivity contribution >= 4 is 17.8 Å². The zero-order valence-electron chi connectivity index (χ0n) is 10.5. The predicted molar refractivity (Wildman–Crippen MR) is 71.1 cm³/mol. The number of hydrogen-bond acceptors (Lipinski definition) is 2. The monoisotopic (exact) mass is 244 g/mol. The molecule has 3 nitrogen and oxygen atoms in total. The molecule has 0 atom stereocenters. The van der Waals surface area contributed by atoms with E-state index in [2.05, 4.69) is 0 Å². The van der Waals surface area contributed by atoms with Crippen molar-refractivity contribution in [1.82, 2.24) is 0 Å². The third kappa shape index (κ3) is 3.70. The Balaban J connectivity index is 2.91. The van der Waals surface area contributed by atoms with Crippen molar-refractivity contribution in [2.24, 2.45) is 0 Å². The normalized spacial score (nSPS) is 12.3. The Morgan fingerprint density at radius 3 is 2.33 bits per heavy atom. The largest absolute Gasteiger partial charge is 0.478 e. The first-order chi connectivity index (χ1) is 8.56. The average molecular weight is 244 g/mol. The van der Waals surface area contributed by atoms with Gasteiger partial charge in [-0.1, -0.05) is 43.3 Å². The van der Waals surface area contributed by atoms with Crippen LogP contribution in [0.15, 0.2) is 47.6 Å². The van der Waals surface area contributed by atoms with Crippen LogP contribution in [0.2, 0.25) is 0 Å². The molecule has 0 radical (unpaired) electrons. The zero-order chi connectivity index (χ0) is 13.5. The zero-order valence-corrected chi connectivity index (χ0v) is 10.5. The predicted octanol–water partition coefficient (Wildman–Crippen LogP) is 3.08. The van der Waals surface area contributed by atoms with Crippen LogP contribution in [0.3, 0.4) is 0 Å². The molecule has 0 aliphatic rings. The quantitative estimate of drug-likeness (QED) is 0.810. The van der Waals surface area contributed by atoms with Gasteiger partial charge in [0.25, 0.3) is 0 Å². The van der Waals surface area contributed by atoms with Crippen LogP contribution in [0.1, 0.15) is 25.8 Å². The molecule has 18 heavy (non-hydrogen) atoms. The second kappa shape index (κ2) is 6.55. The molecule has 0 saturated carbocycles. The van der Waals surface area contributed by atoms with E-state index < -0.39 is 5.97 Å². The third-order valence-electron chi connectivity index (χ3n) is 2.65. The molecule has 1 aromatic rings. The first-order valence-corrected chi connectivity index (χ1v) is 5.76. The van der Waals surface area contributed by atoms with Crippen LogP contribution in [-0.2, 0) is 9.59 Å². The van der Waals surface area contributed by atoms with E-state index in [4.69, 9.17) is 5.11 Å². The van der Waals surface area contributed by atoms with Gasteiger partial charge in [-0.05, 0) is 25.0 Å². The number of carboxylic acids is 1. The van der Waals surface area contributed by atoms with E-state index >= 15 is 0 Å². The standard InChI is InChI=1S/C15H16O3/c1-3-13(11(2)15(17)18)14(16)10-9-12-7-5-4-6-8-12/h4-10H,3H2,1-2H3,(H,17,18). The Labute approximate surface area is 106 Å². The number of carbonyl (C=O) groups is 2. The molecule has 1 N–H and O–H groups in total. The van der Waals surface area contributed by atoms with E-state index in [1.807, 2.05) is 30.3 Å². The Hall–Kier alpha value is -2.16. The number of hydrogen-bond donors (Lipinski definition) is 1. The second-order valence-corrected chi connectivity index (χ2v) is 3.87. The van der Waals surface area contributed by atoms with E-state index in [-0.39, 0.29) is 11.4 Å². The van der Waals surface area contributed by atoms with Gasteiger partial charge in [0.2, 0.25) is 0 Å². The maximum absolute atomic E-state index is 11.9. The summed E-state index contributed by atoms with van der Waals surface area (Å²) in [4.78, 5) is 22.7. The second-order valence-electron chi connectivity index (χ2n) is 3.87. The van der Waals surface area contributed by atoms with E-state index in [1.54, 1.807) is 13.0 Å². The van der Waals surface area contributed by atoms with Crippen LogP contribution in [0.5, 0.6) is 0 Å². The number of carboxylic acid groups (broad SMARTS) is 1. The molecule has 1 rings (SSSR count). The highest BCUT2D eigenvalue weighted by Crippen LogP contribution is 2.12. The van der Waals surface area contributed by atoms with Crippen molar-refractivity contribution in [3.8, 4) is 0 Å². The van der Waals surface area contributed by atoms with E-state index in [0.29, 0.717) is 12.0 Å². The highest BCUT2D eigenvalue weighted by molar-refractivity contribution is 6.10. The van der Waals surface area contributed by atoms with Crippen molar-refractivity contribution in [3.63, 3.8) is 0 Å². The summed E-state index contributed by atoms with van der Waals surface area (Å²) in [5.74, 6) is -1.30. The summed E-state index contributed by atoms with van der Waals surface area (Å²) in [5, 5.41) is 8.88. The number of rotatable bonds is 5. The lowest BCUT2D eigenvalue weighted by Gasteiger charge is -2.02. The lowest BCUT2D eigenvalue weighted by Crippen LogP contribution is -2.07. The highest BCUT2D eigenvalue weighted by Gasteiger charge is 2.12. The number of aliphatic carboxylic acids is 1. The summed E-state index contributed by atoms with van der Waals surface area (Å²) in [6, 6.07) is 9.41. The molecule has 0 spiro atoms. The van der Waals surface area contributed by atoms with Crippen molar-refractivity contribution in [2.45, 2.75) is 20.3 Å². The van der Waals surface area contributed by atoms with Crippen molar-refractivity contribution in [1.29, 1.82) is 0 Å². The minimum atomic E-state index is -1.05. The topological polar surface area (TPSA) is 54.4 Å². The number of allylic oxidation sites excluding steroid dienone is 2. The van der Waals surface area contributed by atoms with Gasteiger partial charge < -0.3 is 5.11 Å². The molecule has 0 aliphatic carbocycles. The van der Waals surface area contributed by atoms with Crippen molar-refractivity contribution < 1.29 is 14.7 Å². The van der Waals surface area contributed by atoms with Gasteiger partial charge in [0.15, 0.2) is 5.78 Å². The molecule has 0 amide bonds. The molecule has 0 aliphatic heterocycles. The molecule has 3 heteroatoms. The summed E-state index contributed by atoms with van der Waals surface area (Å²) in [5.41, 5.74) is 1.36. The molecule has 0 saturated heterocycles. The minimum absolute atomic E-state index is 0.111. The smallest absolute Gasteiger partial charge is 0.331 e. The fraction of sp³-hybridized carbons (Fsp3) is 0.200. The molecular weight excluding hydrogens is 228 g/mol. The number of ketones is 1. The SMILES string of the molecule is CCC(C(=O)C=Cc1ccccc1)=C(C)C(=O)O. The fourth-order valence-electron chi connectivity index (χ4n) is 1.59. The van der Waals surface area contributed by atoms with Gasteiger partial charge in [0.1, 0.15) is 0 Å². The summed E-state index contributed by atoms with van der Waals surface area (Å²) < 4.78 is 0. The molecule has 0 bridgehead atoms. The van der Waals surface area contributed by atoms with Gasteiger partial charge in [-0.2, -0.15) is 0 Å². The van der Waals surface area contributed by atoms with Crippen molar-refractivity contribution in [3.05, 3.63) is 53.1 Å². The van der Waals surface area contributed by atoms with Gasteiger partial charge >= 0.3 is 5.97 Å². The molecule has 94 valence electrons. The maximum Gasteiger partial charge on any atom is 0.331 e. The summed E-state index contributed by atoms with van der Waals surface area (Å²) >= 11 is 0. The first-order valence-electron chi connectivity index (χ1n) is 5.76. The van der Waals surface area contributed by atoms with Crippen LogP contribution in [0, 0.1) is 0 Å². The summed E-state index contributed by atoms with van der Waals surface area (Å²) in [7, 11) is 0. The molecule has 0 fully saturated rings. The van der Waals surface area contributed by atoms with Crippen LogP contribution >= 0.6 is 0 Å². The third-order valence-corrected chi connectivity index (χ3v) is 2.65. The van der Waals surface area contributed by atoms with Crippen molar-refractivity contribution in [2.75, 3.05) is 0 Å². The van der Waals surface area contributed by atoms with Crippen LogP contribution < -0.4 is 0 Å². The number of benzene rings is 1. The van der Waals surface area contributed by atoms with Gasteiger partial charge in [-0.25, -0.2) is 4.79 Å². The molecule has 0 unspecified atom stereocenters. The highest BCUT2D eigenvalue weighted by atomic mass is 16.4. The van der Waals surface area contributed by atoms with Crippen LogP contribution in [0.25, 0.3) is 6.08 Å². The minimum Gasteiger partial charge on any atom is -0.478 e. The van der Waals surface area contributed by atoms with Gasteiger partial charge in [0.05, 0.1) is 0 Å². The van der Waals surface area contributed by atoms with Gasteiger partial charge in [-0.3, -0.25) is 4.79 Å². The number of carbonyl (C=O) groups excluding carboxylic acids is 1. The van der Waals surface area contributed by atoms with Gasteiger partial charge in [-0.15, -0.1) is 0 Å². The Kier molecular flexibility index (Phi) is 5.06. The molecule has 0 heterocycles. The lowest BCUT2D eigenvalue weighted by atomic mass is 10.0. The summed E-state index contributed by atoms with van der Waals surface area (Å²) in [6.45, 7) is 3.23. The lowest BCUT2D eigenvalue weighted by molar-refractivity contribution is -0.133. The molecular formula is C15H16O3. The van der Waals surface area contributed by atoms with Crippen LogP contribution in [0.4, 0.5) is 0 Å². The first kappa shape index (κ1) is 13.9. The Morgan fingerprint density at radius 2 is 1.83 bits per heavy atom. The van der Waals surface area contributed by atoms with E-state index in [1.165, 1.54) is 13.0 Å². The average Bonchev–Trinajstić information content (AvgIpc) is 2.38.